The molecule has 5 heteroatoms. The highest BCUT2D eigenvalue weighted by Crippen LogP contribution is 2.19. The molecule has 0 aromatic carbocycles. The van der Waals surface area contributed by atoms with E-state index in [0.29, 0.717) is 17.4 Å². The van der Waals surface area contributed by atoms with E-state index in [-0.39, 0.29) is 5.91 Å². The average molecular weight is 276 g/mol. The fourth-order valence-electron chi connectivity index (χ4n) is 2.64. The highest BCUT2D eigenvalue weighted by Gasteiger charge is 2.25. The van der Waals surface area contributed by atoms with Crippen LogP contribution in [-0.4, -0.2) is 60.5 Å². The first-order valence-corrected chi connectivity index (χ1v) is 7.28. The lowest BCUT2D eigenvalue weighted by Gasteiger charge is -2.35. The molecule has 0 bridgehead atoms. The van der Waals surface area contributed by atoms with Crippen molar-refractivity contribution in [1.82, 2.24) is 14.8 Å². The summed E-state index contributed by atoms with van der Waals surface area (Å²) >= 11 is 0. The van der Waals surface area contributed by atoms with Crippen LogP contribution >= 0.6 is 0 Å². The number of hydrogen-bond donors (Lipinski definition) is 1. The van der Waals surface area contributed by atoms with Crippen molar-refractivity contribution in [1.29, 1.82) is 0 Å². The Morgan fingerprint density at radius 1 is 1.45 bits per heavy atom. The maximum atomic E-state index is 12.6. The molecule has 0 radical (unpaired) electrons. The van der Waals surface area contributed by atoms with Crippen LogP contribution in [0.25, 0.3) is 0 Å². The van der Waals surface area contributed by atoms with Crippen LogP contribution in [0.1, 0.15) is 30.1 Å². The van der Waals surface area contributed by atoms with E-state index in [2.05, 4.69) is 29.3 Å². The Balaban J connectivity index is 2.05. The van der Waals surface area contributed by atoms with Crippen LogP contribution in [0.3, 0.4) is 0 Å². The lowest BCUT2D eigenvalue weighted by atomic mass is 10.0. The largest absolute Gasteiger partial charge is 0.370 e. The van der Waals surface area contributed by atoms with Gasteiger partial charge in [0.2, 0.25) is 0 Å². The molecule has 0 atom stereocenters. The molecule has 0 saturated carbocycles. The quantitative estimate of drug-likeness (QED) is 0.909. The van der Waals surface area contributed by atoms with Crippen LogP contribution in [0.15, 0.2) is 18.3 Å². The molecule has 2 rings (SSSR count). The van der Waals surface area contributed by atoms with Crippen LogP contribution in [0.5, 0.6) is 0 Å². The number of nitrogens with zero attached hydrogens (tertiary/aromatic N) is 3. The molecule has 0 unspecified atom stereocenters. The van der Waals surface area contributed by atoms with Gasteiger partial charge < -0.3 is 15.1 Å². The Kier molecular flexibility index (Phi) is 4.95. The number of amides is 1. The average Bonchev–Trinajstić information content (AvgIpc) is 2.47. The summed E-state index contributed by atoms with van der Waals surface area (Å²) in [5, 5.41) is 3.16. The molecule has 1 aliphatic heterocycles. The second-order valence-corrected chi connectivity index (χ2v) is 5.42. The number of carbonyl (C=O) groups is 1. The Morgan fingerprint density at radius 2 is 2.15 bits per heavy atom. The van der Waals surface area contributed by atoms with E-state index in [1.807, 2.05) is 24.0 Å². The molecule has 1 aliphatic rings. The third kappa shape index (κ3) is 3.28. The van der Waals surface area contributed by atoms with Gasteiger partial charge in [0.05, 0.1) is 5.56 Å². The SMILES string of the molecule is CCNc1ncccc1C(=O)N1CCC(N(C)C)CC1. The number of piperidine rings is 1. The Morgan fingerprint density at radius 3 is 2.75 bits per heavy atom. The van der Waals surface area contributed by atoms with E-state index in [1.165, 1.54) is 0 Å². The first kappa shape index (κ1) is 14.8. The van der Waals surface area contributed by atoms with Crippen LogP contribution in [0.4, 0.5) is 5.82 Å². The normalized spacial score (nSPS) is 16.5. The summed E-state index contributed by atoms with van der Waals surface area (Å²) in [5.41, 5.74) is 0.678. The molecule has 0 aliphatic carbocycles. The van der Waals surface area contributed by atoms with Gasteiger partial charge in [0.15, 0.2) is 0 Å². The molecule has 1 fully saturated rings. The van der Waals surface area contributed by atoms with E-state index in [0.717, 1.165) is 32.5 Å². The Bertz CT molecular complexity index is 453. The van der Waals surface area contributed by atoms with Gasteiger partial charge in [-0.15, -0.1) is 0 Å². The fraction of sp³-hybridized carbons (Fsp3) is 0.600. The zero-order valence-electron chi connectivity index (χ0n) is 12.6. The van der Waals surface area contributed by atoms with E-state index in [4.69, 9.17) is 0 Å². The molecule has 20 heavy (non-hydrogen) atoms. The van der Waals surface area contributed by atoms with Gasteiger partial charge in [-0.25, -0.2) is 4.98 Å². The molecule has 1 aromatic rings. The van der Waals surface area contributed by atoms with Crippen LogP contribution in [0.2, 0.25) is 0 Å². The second-order valence-electron chi connectivity index (χ2n) is 5.42. The molecule has 1 N–H and O–H groups in total. The number of hydrogen-bond acceptors (Lipinski definition) is 4. The molecule has 1 aromatic heterocycles. The van der Waals surface area contributed by atoms with Crippen molar-refractivity contribution in [2.24, 2.45) is 0 Å². The van der Waals surface area contributed by atoms with Gasteiger partial charge in [-0.3, -0.25) is 4.79 Å². The van der Waals surface area contributed by atoms with Gasteiger partial charge in [-0.2, -0.15) is 0 Å². The summed E-state index contributed by atoms with van der Waals surface area (Å²) < 4.78 is 0. The smallest absolute Gasteiger partial charge is 0.257 e. The molecular formula is C15H24N4O. The van der Waals surface area contributed by atoms with Crippen LogP contribution in [-0.2, 0) is 0 Å². The highest BCUT2D eigenvalue weighted by molar-refractivity contribution is 5.98. The molecule has 110 valence electrons. The summed E-state index contributed by atoms with van der Waals surface area (Å²) in [6.07, 6.45) is 3.79. The van der Waals surface area contributed by atoms with Gasteiger partial charge in [0.25, 0.3) is 5.91 Å². The number of pyridine rings is 1. The molecular weight excluding hydrogens is 252 g/mol. The number of aromatic nitrogens is 1. The predicted molar refractivity (Wildman–Crippen MR) is 81.0 cm³/mol. The van der Waals surface area contributed by atoms with Gasteiger partial charge in [0, 0.05) is 31.9 Å². The number of nitrogens with one attached hydrogen (secondary N) is 1. The molecule has 2 heterocycles. The second kappa shape index (κ2) is 6.70. The maximum absolute atomic E-state index is 12.6. The first-order valence-electron chi connectivity index (χ1n) is 7.28. The van der Waals surface area contributed by atoms with Crippen molar-refractivity contribution in [3.63, 3.8) is 0 Å². The Labute approximate surface area is 121 Å². The van der Waals surface area contributed by atoms with Crippen molar-refractivity contribution in [3.05, 3.63) is 23.9 Å². The Hall–Kier alpha value is -1.62. The van der Waals surface area contributed by atoms with Crippen LogP contribution in [0, 0.1) is 0 Å². The maximum Gasteiger partial charge on any atom is 0.257 e. The van der Waals surface area contributed by atoms with E-state index in [1.54, 1.807) is 6.20 Å². The van der Waals surface area contributed by atoms with Gasteiger partial charge in [-0.1, -0.05) is 0 Å². The third-order valence-electron chi connectivity index (χ3n) is 3.86. The topological polar surface area (TPSA) is 48.5 Å². The summed E-state index contributed by atoms with van der Waals surface area (Å²) in [7, 11) is 4.21. The van der Waals surface area contributed by atoms with E-state index < -0.39 is 0 Å². The molecule has 1 amide bonds. The molecule has 1 saturated heterocycles. The third-order valence-corrected chi connectivity index (χ3v) is 3.86. The highest BCUT2D eigenvalue weighted by atomic mass is 16.2. The van der Waals surface area contributed by atoms with Crippen molar-refractivity contribution in [2.75, 3.05) is 39.0 Å². The zero-order chi connectivity index (χ0) is 14.5. The fourth-order valence-corrected chi connectivity index (χ4v) is 2.64. The lowest BCUT2D eigenvalue weighted by Crippen LogP contribution is -2.44. The monoisotopic (exact) mass is 276 g/mol. The molecule has 5 nitrogen and oxygen atoms in total. The number of rotatable bonds is 4. The van der Waals surface area contributed by atoms with Gasteiger partial charge in [0.1, 0.15) is 5.82 Å². The van der Waals surface area contributed by atoms with Crippen molar-refractivity contribution in [3.8, 4) is 0 Å². The lowest BCUT2D eigenvalue weighted by molar-refractivity contribution is 0.0664. The van der Waals surface area contributed by atoms with Gasteiger partial charge in [-0.05, 0) is 46.0 Å². The minimum Gasteiger partial charge on any atom is -0.370 e. The summed E-state index contributed by atoms with van der Waals surface area (Å²) in [4.78, 5) is 21.1. The standard InChI is InChI=1S/C15H24N4O/c1-4-16-14-13(6-5-9-17-14)15(20)19-10-7-12(8-11-19)18(2)3/h5-6,9,12H,4,7-8,10-11H2,1-3H3,(H,16,17). The minimum atomic E-state index is 0.0891. The summed E-state index contributed by atoms with van der Waals surface area (Å²) in [6.45, 7) is 4.41. The summed E-state index contributed by atoms with van der Waals surface area (Å²) in [6, 6.07) is 4.26. The molecule has 0 spiro atoms. The number of anilines is 1. The van der Waals surface area contributed by atoms with E-state index >= 15 is 0 Å². The number of carbonyl (C=O) groups excluding carboxylic acids is 1. The van der Waals surface area contributed by atoms with E-state index in [9.17, 15) is 4.79 Å². The zero-order valence-corrected chi connectivity index (χ0v) is 12.6. The van der Waals surface area contributed by atoms with Crippen LogP contribution < -0.4 is 5.32 Å². The van der Waals surface area contributed by atoms with Gasteiger partial charge >= 0.3 is 0 Å². The van der Waals surface area contributed by atoms with Crippen molar-refractivity contribution < 1.29 is 4.79 Å². The predicted octanol–water partition coefficient (Wildman–Crippen LogP) is 1.68. The van der Waals surface area contributed by atoms with Crippen molar-refractivity contribution in [2.45, 2.75) is 25.8 Å². The summed E-state index contributed by atoms with van der Waals surface area (Å²) in [5.74, 6) is 0.779. The number of likely N-dealkylation sites (tertiary alicyclic amines) is 1. The minimum absolute atomic E-state index is 0.0891. The first-order chi connectivity index (χ1) is 9.63. The van der Waals surface area contributed by atoms with Crippen molar-refractivity contribution >= 4 is 11.7 Å².